The highest BCUT2D eigenvalue weighted by atomic mass is 32.2. The molecule has 19 heavy (non-hydrogen) atoms. The minimum Gasteiger partial charge on any atom is -0.266 e. The van der Waals surface area contributed by atoms with Gasteiger partial charge in [0.1, 0.15) is 0 Å². The van der Waals surface area contributed by atoms with Crippen LogP contribution in [0.2, 0.25) is 0 Å². The van der Waals surface area contributed by atoms with Crippen molar-refractivity contribution < 1.29 is 21.0 Å². The molecule has 0 spiro atoms. The molecule has 0 aliphatic heterocycles. The van der Waals surface area contributed by atoms with Crippen LogP contribution in [0.15, 0.2) is 28.0 Å². The van der Waals surface area contributed by atoms with Crippen LogP contribution in [-0.4, -0.2) is 29.2 Å². The van der Waals surface area contributed by atoms with Crippen LogP contribution in [0.4, 0.5) is 0 Å². The van der Waals surface area contributed by atoms with Crippen LogP contribution in [0.1, 0.15) is 25.8 Å². The molecule has 0 bridgehead atoms. The zero-order valence-corrected chi connectivity index (χ0v) is 12.8. The zero-order chi connectivity index (χ0) is 14.7. The largest absolute Gasteiger partial charge is 0.297 e. The fourth-order valence-corrected chi connectivity index (χ4v) is 3.76. The van der Waals surface area contributed by atoms with Crippen molar-refractivity contribution in [2.75, 3.05) is 12.4 Å². The number of hydrogen-bond donors (Lipinski definition) is 0. The van der Waals surface area contributed by atoms with Crippen molar-refractivity contribution in [3.63, 3.8) is 0 Å². The molecular formula is C12H18O5S2. The van der Waals surface area contributed by atoms with Gasteiger partial charge in [0.15, 0.2) is 9.84 Å². The van der Waals surface area contributed by atoms with E-state index in [0.29, 0.717) is 12.0 Å². The van der Waals surface area contributed by atoms with Crippen LogP contribution in [0.3, 0.4) is 0 Å². The highest BCUT2D eigenvalue weighted by Gasteiger charge is 2.21. The van der Waals surface area contributed by atoms with Crippen molar-refractivity contribution in [1.82, 2.24) is 0 Å². The highest BCUT2D eigenvalue weighted by Crippen LogP contribution is 2.22. The summed E-state index contributed by atoms with van der Waals surface area (Å²) >= 11 is 0. The third kappa shape index (κ3) is 3.77. The third-order valence-corrected chi connectivity index (χ3v) is 5.78. The van der Waals surface area contributed by atoms with Crippen LogP contribution in [0.5, 0.6) is 0 Å². The van der Waals surface area contributed by atoms with Crippen LogP contribution in [-0.2, 0) is 24.1 Å². The van der Waals surface area contributed by atoms with Crippen LogP contribution >= 0.6 is 0 Å². The van der Waals surface area contributed by atoms with Gasteiger partial charge in [-0.05, 0) is 31.0 Å². The van der Waals surface area contributed by atoms with E-state index < -0.39 is 20.0 Å². The molecule has 0 amide bonds. The summed E-state index contributed by atoms with van der Waals surface area (Å²) in [5, 5.41) is 0. The summed E-state index contributed by atoms with van der Waals surface area (Å²) in [4.78, 5) is -0.0882. The molecule has 0 heterocycles. The van der Waals surface area contributed by atoms with Gasteiger partial charge in [-0.25, -0.2) is 8.42 Å². The molecule has 1 aromatic carbocycles. The summed E-state index contributed by atoms with van der Waals surface area (Å²) in [5.74, 6) is -0.0762. The van der Waals surface area contributed by atoms with E-state index in [4.69, 9.17) is 4.18 Å². The Morgan fingerprint density at radius 1 is 1.11 bits per heavy atom. The summed E-state index contributed by atoms with van der Waals surface area (Å²) in [6, 6.07) is 4.00. The molecule has 0 radical (unpaired) electrons. The quantitative estimate of drug-likeness (QED) is 0.750. The van der Waals surface area contributed by atoms with Gasteiger partial charge in [-0.15, -0.1) is 0 Å². The Balaban J connectivity index is 3.32. The molecule has 1 aromatic rings. The Morgan fingerprint density at radius 3 is 2.26 bits per heavy atom. The first-order valence-corrected chi connectivity index (χ1v) is 9.03. The minimum atomic E-state index is -3.89. The highest BCUT2D eigenvalue weighted by molar-refractivity contribution is 7.91. The second kappa shape index (κ2) is 6.02. The smallest absolute Gasteiger partial charge is 0.266 e. The molecule has 0 unspecified atom stereocenters. The maximum atomic E-state index is 11.9. The number of sulfone groups is 1. The Labute approximate surface area is 114 Å². The maximum absolute atomic E-state index is 11.9. The zero-order valence-electron chi connectivity index (χ0n) is 11.2. The van der Waals surface area contributed by atoms with Crippen molar-refractivity contribution >= 4 is 20.0 Å². The number of hydrogen-bond acceptors (Lipinski definition) is 5. The van der Waals surface area contributed by atoms with Gasteiger partial charge in [0.05, 0.1) is 22.2 Å². The first-order valence-electron chi connectivity index (χ1n) is 5.97. The van der Waals surface area contributed by atoms with E-state index in [0.717, 1.165) is 0 Å². The Hall–Kier alpha value is -0.920. The summed E-state index contributed by atoms with van der Waals surface area (Å²) in [5.41, 5.74) is 0.524. The van der Waals surface area contributed by atoms with Crippen molar-refractivity contribution in [1.29, 1.82) is 0 Å². The molecule has 0 aliphatic rings. The molecule has 0 fully saturated rings. The second-order valence-corrected chi connectivity index (χ2v) is 7.97. The lowest BCUT2D eigenvalue weighted by molar-refractivity contribution is 0.318. The Bertz CT molecular complexity index is 645. The van der Waals surface area contributed by atoms with Gasteiger partial charge in [-0.3, -0.25) is 4.18 Å². The molecule has 108 valence electrons. The van der Waals surface area contributed by atoms with E-state index in [1.807, 2.05) is 0 Å². The molecule has 0 aliphatic carbocycles. The fraction of sp³-hybridized carbons (Fsp3) is 0.500. The first-order chi connectivity index (χ1) is 8.74. The molecule has 0 aromatic heterocycles. The van der Waals surface area contributed by atoms with Crippen LogP contribution < -0.4 is 0 Å². The lowest BCUT2D eigenvalue weighted by Crippen LogP contribution is -2.11. The molecule has 0 N–H and O–H groups in total. The SMILES string of the molecule is CCCOS(=O)(=O)c1ccc(C)c(S(=O)(=O)CC)c1. The molecule has 1 rings (SSSR count). The van der Waals surface area contributed by atoms with Gasteiger partial charge < -0.3 is 0 Å². The minimum absolute atomic E-state index is 0.0381. The van der Waals surface area contributed by atoms with Gasteiger partial charge in [-0.2, -0.15) is 8.42 Å². The topological polar surface area (TPSA) is 77.5 Å². The first kappa shape index (κ1) is 16.1. The normalized spacial score (nSPS) is 12.6. The summed E-state index contributed by atoms with van der Waals surface area (Å²) in [6.45, 7) is 5.01. The lowest BCUT2D eigenvalue weighted by atomic mass is 10.2. The van der Waals surface area contributed by atoms with Gasteiger partial charge in [0, 0.05) is 0 Å². The average Bonchev–Trinajstić information content (AvgIpc) is 2.36. The molecule has 0 saturated carbocycles. The van der Waals surface area contributed by atoms with Crippen LogP contribution in [0, 0.1) is 6.92 Å². The second-order valence-electron chi connectivity index (χ2n) is 4.11. The van der Waals surface area contributed by atoms with E-state index in [2.05, 4.69) is 0 Å². The molecule has 7 heteroatoms. The van der Waals surface area contributed by atoms with E-state index in [1.165, 1.54) is 25.1 Å². The van der Waals surface area contributed by atoms with Crippen molar-refractivity contribution in [3.8, 4) is 0 Å². The molecular weight excluding hydrogens is 288 g/mol. The van der Waals surface area contributed by atoms with Crippen LogP contribution in [0.25, 0.3) is 0 Å². The number of benzene rings is 1. The van der Waals surface area contributed by atoms with Crippen molar-refractivity contribution in [3.05, 3.63) is 23.8 Å². The summed E-state index contributed by atoms with van der Waals surface area (Å²) in [7, 11) is -7.35. The summed E-state index contributed by atoms with van der Waals surface area (Å²) < 4.78 is 52.2. The Morgan fingerprint density at radius 2 is 1.74 bits per heavy atom. The van der Waals surface area contributed by atoms with E-state index in [-0.39, 0.29) is 22.2 Å². The third-order valence-electron chi connectivity index (χ3n) is 2.61. The predicted octanol–water partition coefficient (Wildman–Crippen LogP) is 1.90. The predicted molar refractivity (Wildman–Crippen MR) is 72.3 cm³/mol. The lowest BCUT2D eigenvalue weighted by Gasteiger charge is -2.09. The van der Waals surface area contributed by atoms with E-state index in [9.17, 15) is 16.8 Å². The van der Waals surface area contributed by atoms with Gasteiger partial charge in [0.2, 0.25) is 0 Å². The monoisotopic (exact) mass is 306 g/mol. The Kier molecular flexibility index (Phi) is 5.11. The fourth-order valence-electron chi connectivity index (χ4n) is 1.49. The van der Waals surface area contributed by atoms with E-state index >= 15 is 0 Å². The van der Waals surface area contributed by atoms with Gasteiger partial charge >= 0.3 is 0 Å². The number of aryl methyl sites for hydroxylation is 1. The molecule has 0 saturated heterocycles. The summed E-state index contributed by atoms with van der Waals surface area (Å²) in [6.07, 6.45) is 0.561. The van der Waals surface area contributed by atoms with Gasteiger partial charge in [-0.1, -0.05) is 19.9 Å². The maximum Gasteiger partial charge on any atom is 0.297 e. The van der Waals surface area contributed by atoms with E-state index in [1.54, 1.807) is 13.8 Å². The van der Waals surface area contributed by atoms with Crippen molar-refractivity contribution in [2.24, 2.45) is 0 Å². The molecule has 5 nitrogen and oxygen atoms in total. The number of rotatable bonds is 6. The van der Waals surface area contributed by atoms with Gasteiger partial charge in [0.25, 0.3) is 10.1 Å². The van der Waals surface area contributed by atoms with Crippen molar-refractivity contribution in [2.45, 2.75) is 37.0 Å². The average molecular weight is 306 g/mol. The standard InChI is InChI=1S/C12H18O5S2/c1-4-8-17-19(15,16)11-7-6-10(3)12(9-11)18(13,14)5-2/h6-7,9H,4-5,8H2,1-3H3. The molecule has 0 atom stereocenters.